The molecule has 0 aliphatic carbocycles. The fourth-order valence-electron chi connectivity index (χ4n) is 2.23. The zero-order chi connectivity index (χ0) is 15.7. The maximum absolute atomic E-state index is 12.1. The molecule has 0 aromatic heterocycles. The van der Waals surface area contributed by atoms with Crippen LogP contribution in [0.3, 0.4) is 0 Å². The van der Waals surface area contributed by atoms with Gasteiger partial charge in [-0.25, -0.2) is 4.79 Å². The molecule has 1 aliphatic rings. The maximum Gasteiger partial charge on any atom is 0.317 e. The monoisotopic (exact) mass is 303 g/mol. The molecule has 1 rings (SSSR count). The van der Waals surface area contributed by atoms with Crippen molar-refractivity contribution in [3.63, 3.8) is 0 Å². The van der Waals surface area contributed by atoms with Crippen molar-refractivity contribution < 1.29 is 24.2 Å². The Morgan fingerprint density at radius 3 is 2.62 bits per heavy atom. The number of carboxylic acid groups (broad SMARTS) is 1. The Kier molecular flexibility index (Phi) is 8.03. The minimum absolute atomic E-state index is 0.0229. The summed E-state index contributed by atoms with van der Waals surface area (Å²) in [6.07, 6.45) is 0.598. The predicted molar refractivity (Wildman–Crippen MR) is 76.3 cm³/mol. The highest BCUT2D eigenvalue weighted by atomic mass is 16.5. The van der Waals surface area contributed by atoms with E-state index in [1.54, 1.807) is 19.1 Å². The second-order valence-corrected chi connectivity index (χ2v) is 5.01. The third kappa shape index (κ3) is 6.74. The van der Waals surface area contributed by atoms with Gasteiger partial charge in [0.2, 0.25) is 0 Å². The molecule has 8 nitrogen and oxygen atoms in total. The Balaban J connectivity index is 2.35. The van der Waals surface area contributed by atoms with Gasteiger partial charge in [0, 0.05) is 46.9 Å². The van der Waals surface area contributed by atoms with Crippen LogP contribution in [0.2, 0.25) is 0 Å². The summed E-state index contributed by atoms with van der Waals surface area (Å²) in [6.45, 7) is 3.26. The van der Waals surface area contributed by atoms with Crippen molar-refractivity contribution in [1.29, 1.82) is 0 Å². The molecule has 0 bridgehead atoms. The second kappa shape index (κ2) is 9.54. The molecule has 0 radical (unpaired) electrons. The van der Waals surface area contributed by atoms with Crippen LogP contribution in [0.1, 0.15) is 6.42 Å². The minimum atomic E-state index is -0.838. The molecule has 0 aromatic rings. The number of methoxy groups -OCH3 is 2. The lowest BCUT2D eigenvalue weighted by atomic mass is 10.3. The van der Waals surface area contributed by atoms with Gasteiger partial charge in [-0.05, 0) is 6.42 Å². The van der Waals surface area contributed by atoms with Crippen molar-refractivity contribution in [3.8, 4) is 0 Å². The van der Waals surface area contributed by atoms with Crippen molar-refractivity contribution in [2.24, 2.45) is 0 Å². The smallest absolute Gasteiger partial charge is 0.317 e. The summed E-state index contributed by atoms with van der Waals surface area (Å²) in [7, 11) is 3.16. The number of carboxylic acids is 1. The molecule has 1 unspecified atom stereocenters. The Morgan fingerprint density at radius 1 is 1.24 bits per heavy atom. The predicted octanol–water partition coefficient (Wildman–Crippen LogP) is -0.550. The number of carbonyl (C=O) groups excluding carboxylic acids is 1. The number of hydrogen-bond donors (Lipinski definition) is 2. The van der Waals surface area contributed by atoms with Crippen LogP contribution in [0.4, 0.5) is 4.79 Å². The van der Waals surface area contributed by atoms with Gasteiger partial charge in [-0.2, -0.15) is 0 Å². The van der Waals surface area contributed by atoms with Gasteiger partial charge < -0.3 is 24.8 Å². The molecular weight excluding hydrogens is 278 g/mol. The highest BCUT2D eigenvalue weighted by Gasteiger charge is 2.20. The summed E-state index contributed by atoms with van der Waals surface area (Å²) in [4.78, 5) is 26.4. The molecular formula is C13H25N3O5. The van der Waals surface area contributed by atoms with Crippen LogP contribution in [0, 0.1) is 0 Å². The van der Waals surface area contributed by atoms with Gasteiger partial charge in [-0.1, -0.05) is 0 Å². The molecule has 0 aromatic carbocycles. The maximum atomic E-state index is 12.1. The van der Waals surface area contributed by atoms with Crippen molar-refractivity contribution in [2.45, 2.75) is 12.5 Å². The van der Waals surface area contributed by atoms with Gasteiger partial charge in [0.05, 0.1) is 19.3 Å². The molecule has 0 saturated carbocycles. The van der Waals surface area contributed by atoms with E-state index in [1.165, 1.54) is 0 Å². The third-order valence-corrected chi connectivity index (χ3v) is 3.40. The van der Waals surface area contributed by atoms with E-state index < -0.39 is 5.97 Å². The zero-order valence-corrected chi connectivity index (χ0v) is 12.7. The third-order valence-electron chi connectivity index (χ3n) is 3.40. The van der Waals surface area contributed by atoms with Crippen LogP contribution in [0.25, 0.3) is 0 Å². The molecule has 1 heterocycles. The standard InChI is InChI=1S/C13H25N3O5/c1-20-10-11(21-2)8-14-13(19)16-5-3-4-15(6-7-16)9-12(17)18/h11H,3-10H2,1-2H3,(H,14,19)(H,17,18). The Morgan fingerprint density at radius 2 is 2.00 bits per heavy atom. The lowest BCUT2D eigenvalue weighted by Crippen LogP contribution is -2.45. The highest BCUT2D eigenvalue weighted by molar-refractivity contribution is 5.74. The van der Waals surface area contributed by atoms with Crippen LogP contribution in [0.5, 0.6) is 0 Å². The number of aliphatic carboxylic acids is 1. The normalized spacial score (nSPS) is 18.1. The molecule has 122 valence electrons. The largest absolute Gasteiger partial charge is 0.480 e. The first-order chi connectivity index (χ1) is 10.1. The lowest BCUT2D eigenvalue weighted by Gasteiger charge is -2.23. The van der Waals surface area contributed by atoms with Crippen LogP contribution < -0.4 is 5.32 Å². The van der Waals surface area contributed by atoms with Crippen LogP contribution in [0.15, 0.2) is 0 Å². The number of hydrogen-bond acceptors (Lipinski definition) is 5. The molecule has 1 atom stereocenters. The first kappa shape index (κ1) is 17.7. The topological polar surface area (TPSA) is 91.3 Å². The summed E-state index contributed by atoms with van der Waals surface area (Å²) in [5, 5.41) is 11.6. The van der Waals surface area contributed by atoms with Gasteiger partial charge >= 0.3 is 12.0 Å². The summed E-state index contributed by atoms with van der Waals surface area (Å²) >= 11 is 0. The van der Waals surface area contributed by atoms with E-state index in [1.807, 2.05) is 4.90 Å². The van der Waals surface area contributed by atoms with Crippen molar-refractivity contribution >= 4 is 12.0 Å². The Hall–Kier alpha value is -1.38. The molecule has 8 heteroatoms. The first-order valence-electron chi connectivity index (χ1n) is 7.05. The van der Waals surface area contributed by atoms with E-state index >= 15 is 0 Å². The van der Waals surface area contributed by atoms with Crippen molar-refractivity contribution in [1.82, 2.24) is 15.1 Å². The van der Waals surface area contributed by atoms with Gasteiger partial charge in [0.1, 0.15) is 0 Å². The van der Waals surface area contributed by atoms with E-state index in [0.29, 0.717) is 39.3 Å². The number of urea groups is 1. The van der Waals surface area contributed by atoms with Crippen molar-refractivity contribution in [2.75, 3.05) is 60.1 Å². The second-order valence-electron chi connectivity index (χ2n) is 5.01. The number of carbonyl (C=O) groups is 2. The van der Waals surface area contributed by atoms with Gasteiger partial charge in [-0.15, -0.1) is 0 Å². The average molecular weight is 303 g/mol. The number of amides is 2. The van der Waals surface area contributed by atoms with E-state index in [2.05, 4.69) is 5.32 Å². The molecule has 1 fully saturated rings. The van der Waals surface area contributed by atoms with Gasteiger partial charge in [0.25, 0.3) is 0 Å². The number of nitrogens with one attached hydrogen (secondary N) is 1. The first-order valence-corrected chi connectivity index (χ1v) is 7.05. The summed E-state index contributed by atoms with van der Waals surface area (Å²) in [5.41, 5.74) is 0. The minimum Gasteiger partial charge on any atom is -0.480 e. The van der Waals surface area contributed by atoms with Gasteiger partial charge in [0.15, 0.2) is 0 Å². The number of rotatable bonds is 7. The lowest BCUT2D eigenvalue weighted by molar-refractivity contribution is -0.138. The molecule has 1 saturated heterocycles. The average Bonchev–Trinajstić information content (AvgIpc) is 2.68. The molecule has 1 aliphatic heterocycles. The summed E-state index contributed by atoms with van der Waals surface area (Å²) < 4.78 is 10.2. The van der Waals surface area contributed by atoms with Gasteiger partial charge in [-0.3, -0.25) is 9.69 Å². The Bertz CT molecular complexity index is 340. The van der Waals surface area contributed by atoms with E-state index in [9.17, 15) is 9.59 Å². The zero-order valence-electron chi connectivity index (χ0n) is 12.7. The van der Waals surface area contributed by atoms with E-state index in [0.717, 1.165) is 6.42 Å². The van der Waals surface area contributed by atoms with E-state index in [4.69, 9.17) is 14.6 Å². The highest BCUT2D eigenvalue weighted by Crippen LogP contribution is 2.03. The fraction of sp³-hybridized carbons (Fsp3) is 0.846. The SMILES string of the molecule is COCC(CNC(=O)N1CCCN(CC(=O)O)CC1)OC. The molecule has 2 amide bonds. The van der Waals surface area contributed by atoms with Crippen LogP contribution in [-0.2, 0) is 14.3 Å². The van der Waals surface area contributed by atoms with Crippen molar-refractivity contribution in [3.05, 3.63) is 0 Å². The quantitative estimate of drug-likeness (QED) is 0.656. The summed E-state index contributed by atoms with van der Waals surface area (Å²) in [6, 6.07) is -0.148. The number of nitrogens with zero attached hydrogens (tertiary/aromatic N) is 2. The molecule has 0 spiro atoms. The Labute approximate surface area is 125 Å². The molecule has 2 N–H and O–H groups in total. The van der Waals surface area contributed by atoms with E-state index in [-0.39, 0.29) is 18.7 Å². The van der Waals surface area contributed by atoms with Crippen LogP contribution >= 0.6 is 0 Å². The molecule has 21 heavy (non-hydrogen) atoms. The van der Waals surface area contributed by atoms with Crippen LogP contribution in [-0.4, -0.2) is 93.1 Å². The fourth-order valence-corrected chi connectivity index (χ4v) is 2.23. The summed E-state index contributed by atoms with van der Waals surface area (Å²) in [5.74, 6) is -0.838. The number of ether oxygens (including phenoxy) is 2.